The van der Waals surface area contributed by atoms with E-state index in [0.29, 0.717) is 17.6 Å². The summed E-state index contributed by atoms with van der Waals surface area (Å²) in [6.07, 6.45) is 5.23. The molecule has 2 atom stereocenters. The minimum atomic E-state index is -2.85. The van der Waals surface area contributed by atoms with Gasteiger partial charge in [-0.2, -0.15) is 8.78 Å². The minimum Gasteiger partial charge on any atom is -0.435 e. The van der Waals surface area contributed by atoms with Crippen LogP contribution in [0.25, 0.3) is 0 Å². The molecule has 0 radical (unpaired) electrons. The average Bonchev–Trinajstić information content (AvgIpc) is 2.68. The number of Topliss-reactive ketones (excluding diaryl/α,β-unsaturated/α-hetero) is 1. The van der Waals surface area contributed by atoms with Gasteiger partial charge in [0.15, 0.2) is 5.78 Å². The zero-order chi connectivity index (χ0) is 19.5. The number of ketones is 1. The van der Waals surface area contributed by atoms with E-state index in [1.807, 2.05) is 6.07 Å². The largest absolute Gasteiger partial charge is 0.435 e. The van der Waals surface area contributed by atoms with Gasteiger partial charge in [-0.1, -0.05) is 36.8 Å². The van der Waals surface area contributed by atoms with E-state index >= 15 is 0 Å². The molecule has 0 aliphatic carbocycles. The number of carbonyl (C=O) groups is 1. The third-order valence-electron chi connectivity index (χ3n) is 6.07. The van der Waals surface area contributed by atoms with Crippen molar-refractivity contribution in [3.63, 3.8) is 0 Å². The van der Waals surface area contributed by atoms with Gasteiger partial charge in [0.2, 0.25) is 0 Å². The van der Waals surface area contributed by atoms with Crippen LogP contribution in [0.1, 0.15) is 48.0 Å². The maximum atomic E-state index is 13.0. The average molecular weight is 385 g/mol. The number of hydrogen-bond donors (Lipinski definition) is 0. The molecule has 0 aromatic heterocycles. The monoisotopic (exact) mass is 385 g/mol. The first kappa shape index (κ1) is 19.1. The zero-order valence-electron chi connectivity index (χ0n) is 15.8. The van der Waals surface area contributed by atoms with E-state index < -0.39 is 6.61 Å². The molecule has 5 heteroatoms. The first-order valence-electron chi connectivity index (χ1n) is 9.99. The SMILES string of the molecule is O=C(c1ccc(OC(F)F)cc1)C1CC2CCCC(C1)N2Cc1ccccc1. The summed E-state index contributed by atoms with van der Waals surface area (Å²) < 4.78 is 29.0. The van der Waals surface area contributed by atoms with Crippen LogP contribution in [0.5, 0.6) is 5.75 Å². The summed E-state index contributed by atoms with van der Waals surface area (Å²) in [6.45, 7) is -1.91. The van der Waals surface area contributed by atoms with E-state index in [2.05, 4.69) is 33.9 Å². The van der Waals surface area contributed by atoms with E-state index in [1.165, 1.54) is 24.1 Å². The molecule has 2 aliphatic rings. The predicted octanol–water partition coefficient (Wildman–Crippen LogP) is 5.30. The second-order valence-electron chi connectivity index (χ2n) is 7.83. The third-order valence-corrected chi connectivity index (χ3v) is 6.07. The number of carbonyl (C=O) groups excluding carboxylic acids is 1. The smallest absolute Gasteiger partial charge is 0.387 e. The molecule has 148 valence electrons. The number of hydrogen-bond acceptors (Lipinski definition) is 3. The van der Waals surface area contributed by atoms with Crippen LogP contribution < -0.4 is 4.74 Å². The van der Waals surface area contributed by atoms with Crippen LogP contribution in [-0.2, 0) is 6.54 Å². The molecule has 3 nitrogen and oxygen atoms in total. The van der Waals surface area contributed by atoms with Gasteiger partial charge in [-0.15, -0.1) is 0 Å². The van der Waals surface area contributed by atoms with Crippen molar-refractivity contribution in [1.82, 2.24) is 4.90 Å². The summed E-state index contributed by atoms with van der Waals surface area (Å²) in [5.74, 6) is 0.213. The van der Waals surface area contributed by atoms with Crippen molar-refractivity contribution < 1.29 is 18.3 Å². The van der Waals surface area contributed by atoms with Gasteiger partial charge in [-0.25, -0.2) is 0 Å². The van der Waals surface area contributed by atoms with E-state index in [0.717, 1.165) is 32.2 Å². The Bertz CT molecular complexity index is 780. The molecule has 28 heavy (non-hydrogen) atoms. The molecule has 0 spiro atoms. The van der Waals surface area contributed by atoms with Crippen molar-refractivity contribution in [2.24, 2.45) is 5.92 Å². The van der Waals surface area contributed by atoms with Crippen LogP contribution in [0.4, 0.5) is 8.78 Å². The van der Waals surface area contributed by atoms with Crippen LogP contribution in [-0.4, -0.2) is 29.4 Å². The van der Waals surface area contributed by atoms with Gasteiger partial charge in [-0.3, -0.25) is 9.69 Å². The lowest BCUT2D eigenvalue weighted by molar-refractivity contribution is -0.0498. The fraction of sp³-hybridized carbons (Fsp3) is 0.435. The molecular weight excluding hydrogens is 360 g/mol. The van der Waals surface area contributed by atoms with Crippen LogP contribution in [0, 0.1) is 5.92 Å². The van der Waals surface area contributed by atoms with Crippen molar-refractivity contribution in [2.75, 3.05) is 0 Å². The Balaban J connectivity index is 1.44. The highest BCUT2D eigenvalue weighted by Crippen LogP contribution is 2.39. The Labute approximate surface area is 164 Å². The van der Waals surface area contributed by atoms with Gasteiger partial charge >= 0.3 is 6.61 Å². The summed E-state index contributed by atoms with van der Waals surface area (Å²) in [6, 6.07) is 17.5. The van der Waals surface area contributed by atoms with E-state index in [4.69, 9.17) is 0 Å². The highest BCUT2D eigenvalue weighted by molar-refractivity contribution is 5.98. The van der Waals surface area contributed by atoms with Crippen LogP contribution >= 0.6 is 0 Å². The molecular formula is C23H25F2NO2. The highest BCUT2D eigenvalue weighted by Gasteiger charge is 2.40. The first-order chi connectivity index (χ1) is 13.6. The number of halogens is 2. The molecule has 2 bridgehead atoms. The minimum absolute atomic E-state index is 0.00388. The maximum Gasteiger partial charge on any atom is 0.387 e. The topological polar surface area (TPSA) is 29.5 Å². The van der Waals surface area contributed by atoms with Crippen molar-refractivity contribution in [1.29, 1.82) is 0 Å². The number of fused-ring (bicyclic) bond motifs is 2. The number of rotatable bonds is 6. The van der Waals surface area contributed by atoms with Gasteiger partial charge in [0, 0.05) is 30.1 Å². The second-order valence-corrected chi connectivity index (χ2v) is 7.83. The molecule has 2 unspecified atom stereocenters. The van der Waals surface area contributed by atoms with Crippen molar-refractivity contribution >= 4 is 5.78 Å². The fourth-order valence-electron chi connectivity index (χ4n) is 4.78. The Hall–Kier alpha value is -2.27. The molecule has 0 saturated carbocycles. The number of ether oxygens (including phenoxy) is 1. The summed E-state index contributed by atoms with van der Waals surface area (Å²) in [5, 5.41) is 0. The molecule has 2 saturated heterocycles. The van der Waals surface area contributed by atoms with Crippen LogP contribution in [0.3, 0.4) is 0 Å². The van der Waals surface area contributed by atoms with E-state index in [1.54, 1.807) is 12.1 Å². The molecule has 0 N–H and O–H groups in total. The standard InChI is InChI=1S/C23H25F2NO2/c24-23(25)28-21-11-9-17(10-12-21)22(27)18-13-19-7-4-8-20(14-18)26(19)15-16-5-2-1-3-6-16/h1-3,5-6,9-12,18-20,23H,4,7-8,13-15H2. The van der Waals surface area contributed by atoms with Gasteiger partial charge in [0.25, 0.3) is 0 Å². The third kappa shape index (κ3) is 4.25. The summed E-state index contributed by atoms with van der Waals surface area (Å²) >= 11 is 0. The van der Waals surface area contributed by atoms with Crippen molar-refractivity contribution in [2.45, 2.75) is 57.3 Å². The fourth-order valence-corrected chi connectivity index (χ4v) is 4.78. The number of piperidine rings is 2. The van der Waals surface area contributed by atoms with Crippen LogP contribution in [0.2, 0.25) is 0 Å². The normalized spacial score (nSPS) is 24.9. The van der Waals surface area contributed by atoms with Crippen molar-refractivity contribution in [3.8, 4) is 5.75 Å². The first-order valence-corrected chi connectivity index (χ1v) is 9.99. The molecule has 4 rings (SSSR count). The number of nitrogens with zero attached hydrogens (tertiary/aromatic N) is 1. The number of benzene rings is 2. The Morgan fingerprint density at radius 3 is 2.25 bits per heavy atom. The summed E-state index contributed by atoms with van der Waals surface area (Å²) in [5.41, 5.74) is 1.90. The van der Waals surface area contributed by atoms with E-state index in [-0.39, 0.29) is 17.5 Å². The lowest BCUT2D eigenvalue weighted by atomic mass is 9.75. The molecule has 2 aliphatic heterocycles. The van der Waals surface area contributed by atoms with Crippen LogP contribution in [0.15, 0.2) is 54.6 Å². The molecule has 2 fully saturated rings. The zero-order valence-corrected chi connectivity index (χ0v) is 15.8. The molecule has 2 aromatic carbocycles. The molecule has 2 aromatic rings. The quantitative estimate of drug-likeness (QED) is 0.632. The lowest BCUT2D eigenvalue weighted by Crippen LogP contribution is -2.52. The second kappa shape index (κ2) is 8.39. The van der Waals surface area contributed by atoms with E-state index in [9.17, 15) is 13.6 Å². The van der Waals surface area contributed by atoms with Gasteiger partial charge in [0.05, 0.1) is 0 Å². The van der Waals surface area contributed by atoms with Gasteiger partial charge in [0.1, 0.15) is 5.75 Å². The Morgan fingerprint density at radius 2 is 1.64 bits per heavy atom. The van der Waals surface area contributed by atoms with Crippen molar-refractivity contribution in [3.05, 3.63) is 65.7 Å². The Kier molecular flexibility index (Phi) is 5.72. The predicted molar refractivity (Wildman–Crippen MR) is 104 cm³/mol. The Morgan fingerprint density at radius 1 is 1.00 bits per heavy atom. The summed E-state index contributed by atoms with van der Waals surface area (Å²) in [7, 11) is 0. The number of alkyl halides is 2. The lowest BCUT2D eigenvalue weighted by Gasteiger charge is -2.48. The highest BCUT2D eigenvalue weighted by atomic mass is 19.3. The molecule has 2 heterocycles. The summed E-state index contributed by atoms with van der Waals surface area (Å²) in [4.78, 5) is 15.6. The van der Waals surface area contributed by atoms with Gasteiger partial charge < -0.3 is 4.74 Å². The maximum absolute atomic E-state index is 13.0. The molecule has 0 amide bonds. The van der Waals surface area contributed by atoms with Gasteiger partial charge in [-0.05, 0) is 55.5 Å².